The number of aryl methyl sites for hydroxylation is 1. The van der Waals surface area contributed by atoms with E-state index >= 15 is 0 Å². The van der Waals surface area contributed by atoms with Gasteiger partial charge in [-0.1, -0.05) is 12.1 Å². The molecule has 6 heteroatoms. The number of ether oxygens (including phenoxy) is 1. The van der Waals surface area contributed by atoms with E-state index < -0.39 is 5.97 Å². The Labute approximate surface area is 170 Å². The number of pyridine rings is 1. The van der Waals surface area contributed by atoms with Crippen LogP contribution in [0.1, 0.15) is 38.8 Å². The highest BCUT2D eigenvalue weighted by Gasteiger charge is 2.19. The number of aromatic nitrogens is 1. The standard InChI is InChI=1S/C23H25N3O3/c1-6-29-23(28)18-13-24-20-11-10-16(22(27)26(4)5)12-17(20)21(18)25-19-9-7-8-14(2)15(19)3/h7-13H,6H2,1-5H3,(H,24,25). The average molecular weight is 391 g/mol. The minimum Gasteiger partial charge on any atom is -0.462 e. The van der Waals surface area contributed by atoms with E-state index in [0.717, 1.165) is 16.8 Å². The Morgan fingerprint density at radius 3 is 2.59 bits per heavy atom. The Balaban J connectivity index is 2.24. The maximum absolute atomic E-state index is 12.6. The highest BCUT2D eigenvalue weighted by Crippen LogP contribution is 2.32. The molecule has 1 N–H and O–H groups in total. The molecule has 29 heavy (non-hydrogen) atoms. The number of hydrogen-bond donors (Lipinski definition) is 1. The molecule has 0 spiro atoms. The molecule has 0 atom stereocenters. The summed E-state index contributed by atoms with van der Waals surface area (Å²) in [5.74, 6) is -0.579. The molecule has 0 bridgehead atoms. The lowest BCUT2D eigenvalue weighted by molar-refractivity contribution is 0.0527. The van der Waals surface area contributed by atoms with Crippen LogP contribution in [-0.4, -0.2) is 42.5 Å². The minimum absolute atomic E-state index is 0.119. The van der Waals surface area contributed by atoms with Gasteiger partial charge in [0.2, 0.25) is 0 Å². The van der Waals surface area contributed by atoms with Gasteiger partial charge in [0.1, 0.15) is 5.56 Å². The normalized spacial score (nSPS) is 10.7. The maximum atomic E-state index is 12.6. The minimum atomic E-state index is -0.459. The molecule has 3 rings (SSSR count). The van der Waals surface area contributed by atoms with Crippen LogP contribution in [0.4, 0.5) is 11.4 Å². The molecule has 6 nitrogen and oxygen atoms in total. The maximum Gasteiger partial charge on any atom is 0.341 e. The molecule has 150 valence electrons. The molecule has 2 aromatic carbocycles. The fraction of sp³-hybridized carbons (Fsp3) is 0.261. The molecule has 0 aliphatic carbocycles. The number of carbonyl (C=O) groups excluding carboxylic acids is 2. The molecular weight excluding hydrogens is 366 g/mol. The van der Waals surface area contributed by atoms with Crippen molar-refractivity contribution in [2.45, 2.75) is 20.8 Å². The van der Waals surface area contributed by atoms with E-state index in [1.165, 1.54) is 11.1 Å². The SMILES string of the molecule is CCOC(=O)c1cnc2ccc(C(=O)N(C)C)cc2c1Nc1cccc(C)c1C. The molecule has 0 radical (unpaired) electrons. The third-order valence-corrected chi connectivity index (χ3v) is 4.88. The molecular formula is C23H25N3O3. The molecule has 0 aliphatic rings. The first-order valence-electron chi connectivity index (χ1n) is 9.48. The molecule has 1 amide bonds. The molecule has 1 heterocycles. The summed E-state index contributed by atoms with van der Waals surface area (Å²) in [5, 5.41) is 4.08. The lowest BCUT2D eigenvalue weighted by Gasteiger charge is -2.17. The van der Waals surface area contributed by atoms with Crippen LogP contribution in [0.25, 0.3) is 10.9 Å². The molecule has 0 saturated heterocycles. The third kappa shape index (κ3) is 4.06. The van der Waals surface area contributed by atoms with Crippen LogP contribution >= 0.6 is 0 Å². The summed E-state index contributed by atoms with van der Waals surface area (Å²) >= 11 is 0. The number of nitrogens with one attached hydrogen (secondary N) is 1. The van der Waals surface area contributed by atoms with Crippen LogP contribution in [0.15, 0.2) is 42.6 Å². The fourth-order valence-electron chi connectivity index (χ4n) is 3.10. The lowest BCUT2D eigenvalue weighted by Crippen LogP contribution is -2.21. The predicted octanol–water partition coefficient (Wildman–Crippen LogP) is 4.47. The third-order valence-electron chi connectivity index (χ3n) is 4.88. The van der Waals surface area contributed by atoms with Gasteiger partial charge in [0.05, 0.1) is 17.8 Å². The van der Waals surface area contributed by atoms with Gasteiger partial charge in [-0.25, -0.2) is 4.79 Å². The van der Waals surface area contributed by atoms with Gasteiger partial charge in [-0.2, -0.15) is 0 Å². The molecule has 0 saturated carbocycles. The Bertz CT molecular complexity index is 1090. The first-order chi connectivity index (χ1) is 13.8. The summed E-state index contributed by atoms with van der Waals surface area (Å²) < 4.78 is 5.23. The predicted molar refractivity (Wildman–Crippen MR) is 115 cm³/mol. The molecule has 0 aliphatic heterocycles. The van der Waals surface area contributed by atoms with Crippen molar-refractivity contribution in [3.05, 3.63) is 64.8 Å². The Morgan fingerprint density at radius 1 is 1.14 bits per heavy atom. The van der Waals surface area contributed by atoms with E-state index in [0.29, 0.717) is 27.7 Å². The van der Waals surface area contributed by atoms with E-state index in [2.05, 4.69) is 10.3 Å². The molecule has 3 aromatic rings. The zero-order valence-electron chi connectivity index (χ0n) is 17.4. The van der Waals surface area contributed by atoms with Gasteiger partial charge in [0.25, 0.3) is 5.91 Å². The van der Waals surface area contributed by atoms with E-state index in [9.17, 15) is 9.59 Å². The number of rotatable bonds is 5. The Morgan fingerprint density at radius 2 is 1.90 bits per heavy atom. The highest BCUT2D eigenvalue weighted by molar-refractivity contribution is 6.08. The second kappa shape index (κ2) is 8.31. The van der Waals surface area contributed by atoms with Crippen molar-refractivity contribution in [2.75, 3.05) is 26.0 Å². The van der Waals surface area contributed by atoms with E-state index in [4.69, 9.17) is 4.74 Å². The van der Waals surface area contributed by atoms with Gasteiger partial charge >= 0.3 is 5.97 Å². The van der Waals surface area contributed by atoms with Crippen molar-refractivity contribution in [1.29, 1.82) is 0 Å². The van der Waals surface area contributed by atoms with Gasteiger partial charge in [-0.15, -0.1) is 0 Å². The smallest absolute Gasteiger partial charge is 0.341 e. The monoisotopic (exact) mass is 391 g/mol. The Kier molecular flexibility index (Phi) is 5.82. The molecule has 0 unspecified atom stereocenters. The summed E-state index contributed by atoms with van der Waals surface area (Å²) in [5.41, 5.74) is 5.20. The summed E-state index contributed by atoms with van der Waals surface area (Å²) in [4.78, 5) is 31.0. The van der Waals surface area contributed by atoms with Crippen LogP contribution in [0.3, 0.4) is 0 Å². The zero-order valence-corrected chi connectivity index (χ0v) is 17.4. The van der Waals surface area contributed by atoms with Gasteiger partial charge in [-0.3, -0.25) is 9.78 Å². The van der Waals surface area contributed by atoms with Crippen molar-refractivity contribution in [3.63, 3.8) is 0 Å². The van der Waals surface area contributed by atoms with E-state index in [1.807, 2.05) is 32.0 Å². The summed E-state index contributed by atoms with van der Waals surface area (Å²) in [6.45, 7) is 6.08. The first-order valence-corrected chi connectivity index (χ1v) is 9.48. The van der Waals surface area contributed by atoms with Crippen LogP contribution in [-0.2, 0) is 4.74 Å². The quantitative estimate of drug-likeness (QED) is 0.650. The van der Waals surface area contributed by atoms with Gasteiger partial charge < -0.3 is 15.0 Å². The van der Waals surface area contributed by atoms with Crippen LogP contribution in [0.2, 0.25) is 0 Å². The number of anilines is 2. The number of nitrogens with zero attached hydrogens (tertiary/aromatic N) is 2. The number of carbonyl (C=O) groups is 2. The van der Waals surface area contributed by atoms with Crippen molar-refractivity contribution < 1.29 is 14.3 Å². The topological polar surface area (TPSA) is 71.5 Å². The molecule has 0 fully saturated rings. The first kappa shape index (κ1) is 20.3. The van der Waals surface area contributed by atoms with E-state index in [1.54, 1.807) is 39.2 Å². The van der Waals surface area contributed by atoms with Gasteiger partial charge in [0, 0.05) is 36.9 Å². The van der Waals surface area contributed by atoms with Crippen LogP contribution in [0.5, 0.6) is 0 Å². The van der Waals surface area contributed by atoms with Crippen molar-refractivity contribution >= 4 is 34.2 Å². The summed E-state index contributed by atoms with van der Waals surface area (Å²) in [6.07, 6.45) is 1.52. The molecule has 1 aromatic heterocycles. The Hall–Kier alpha value is -3.41. The highest BCUT2D eigenvalue weighted by atomic mass is 16.5. The average Bonchev–Trinajstić information content (AvgIpc) is 2.70. The fourth-order valence-corrected chi connectivity index (χ4v) is 3.10. The summed E-state index contributed by atoms with van der Waals surface area (Å²) in [7, 11) is 3.41. The number of amides is 1. The van der Waals surface area contributed by atoms with Crippen LogP contribution < -0.4 is 5.32 Å². The number of benzene rings is 2. The van der Waals surface area contributed by atoms with E-state index in [-0.39, 0.29) is 12.5 Å². The number of fused-ring (bicyclic) bond motifs is 1. The summed E-state index contributed by atoms with van der Waals surface area (Å²) in [6, 6.07) is 11.2. The van der Waals surface area contributed by atoms with Crippen molar-refractivity contribution in [3.8, 4) is 0 Å². The largest absolute Gasteiger partial charge is 0.462 e. The zero-order chi connectivity index (χ0) is 21.1. The van der Waals surface area contributed by atoms with Gasteiger partial charge in [0.15, 0.2) is 0 Å². The van der Waals surface area contributed by atoms with Gasteiger partial charge in [-0.05, 0) is 56.2 Å². The van der Waals surface area contributed by atoms with Crippen molar-refractivity contribution in [2.24, 2.45) is 0 Å². The second-order valence-corrected chi connectivity index (χ2v) is 7.07. The number of esters is 1. The lowest BCUT2D eigenvalue weighted by atomic mass is 10.0. The van der Waals surface area contributed by atoms with Crippen LogP contribution in [0, 0.1) is 13.8 Å². The second-order valence-electron chi connectivity index (χ2n) is 7.07. The number of hydrogen-bond acceptors (Lipinski definition) is 5. The van der Waals surface area contributed by atoms with Crippen molar-refractivity contribution in [1.82, 2.24) is 9.88 Å².